The average Bonchev–Trinajstić information content (AvgIpc) is 2.74. The first kappa shape index (κ1) is 13.2. The van der Waals surface area contributed by atoms with Crippen molar-refractivity contribution in [3.63, 3.8) is 0 Å². The van der Waals surface area contributed by atoms with Gasteiger partial charge in [-0.2, -0.15) is 4.80 Å². The topological polar surface area (TPSA) is 122 Å². The molecule has 0 bridgehead atoms. The highest BCUT2D eigenvalue weighted by Gasteiger charge is 2.27. The molecule has 104 valence electrons. The number of carbonyl (C=O) groups is 2. The van der Waals surface area contributed by atoms with Crippen molar-refractivity contribution in [2.75, 3.05) is 5.32 Å². The highest BCUT2D eigenvalue weighted by Crippen LogP contribution is 2.24. The third-order valence-corrected chi connectivity index (χ3v) is 3.09. The molecule has 1 saturated carbocycles. The monoisotopic (exact) mass is 268 g/mol. The summed E-state index contributed by atoms with van der Waals surface area (Å²) in [6, 6.07) is -0.574. The highest BCUT2D eigenvalue weighted by molar-refractivity contribution is 5.87. The fraction of sp³-hybridized carbons (Fsp3) is 0.700. The van der Waals surface area contributed by atoms with E-state index in [-0.39, 0.29) is 17.9 Å². The molecule has 2 rings (SSSR count). The van der Waals surface area contributed by atoms with E-state index >= 15 is 0 Å². The summed E-state index contributed by atoms with van der Waals surface area (Å²) < 4.78 is 0. The Bertz CT molecular complexity index is 474. The van der Waals surface area contributed by atoms with E-state index in [0.717, 1.165) is 12.8 Å². The van der Waals surface area contributed by atoms with Crippen LogP contribution in [0.3, 0.4) is 0 Å². The van der Waals surface area contributed by atoms with Crippen molar-refractivity contribution >= 4 is 17.9 Å². The summed E-state index contributed by atoms with van der Waals surface area (Å²) in [6.07, 6.45) is 2.70. The number of nitrogens with one attached hydrogen (secondary N) is 2. The molecule has 1 heterocycles. The van der Waals surface area contributed by atoms with Gasteiger partial charge in [0, 0.05) is 6.04 Å². The van der Waals surface area contributed by atoms with E-state index < -0.39 is 12.0 Å². The van der Waals surface area contributed by atoms with Crippen molar-refractivity contribution in [2.45, 2.75) is 31.7 Å². The smallest absolute Gasteiger partial charge is 0.321 e. The number of hydrogen-bond donors (Lipinski definition) is 3. The number of amides is 2. The molecule has 2 unspecified atom stereocenters. The molecule has 1 aliphatic carbocycles. The van der Waals surface area contributed by atoms with Crippen LogP contribution < -0.4 is 10.6 Å². The first-order chi connectivity index (χ1) is 9.04. The summed E-state index contributed by atoms with van der Waals surface area (Å²) >= 11 is 0. The van der Waals surface area contributed by atoms with Gasteiger partial charge in [-0.1, -0.05) is 11.5 Å². The molecule has 1 aromatic heterocycles. The predicted molar refractivity (Wildman–Crippen MR) is 64.3 cm³/mol. The minimum atomic E-state index is -0.803. The molecule has 0 aliphatic heterocycles. The van der Waals surface area contributed by atoms with Crippen LogP contribution in [0.5, 0.6) is 0 Å². The number of aliphatic carboxylic acids is 1. The molecule has 9 heteroatoms. The van der Waals surface area contributed by atoms with Crippen molar-refractivity contribution in [1.82, 2.24) is 25.5 Å². The maximum atomic E-state index is 11.7. The van der Waals surface area contributed by atoms with Gasteiger partial charge in [0.25, 0.3) is 5.95 Å². The zero-order valence-corrected chi connectivity index (χ0v) is 10.5. The van der Waals surface area contributed by atoms with E-state index in [2.05, 4.69) is 26.0 Å². The quantitative estimate of drug-likeness (QED) is 0.707. The molecule has 0 radical (unpaired) electrons. The Balaban J connectivity index is 1.83. The van der Waals surface area contributed by atoms with Crippen LogP contribution in [-0.4, -0.2) is 43.4 Å². The van der Waals surface area contributed by atoms with Gasteiger partial charge in [-0.3, -0.25) is 10.1 Å². The van der Waals surface area contributed by atoms with Gasteiger partial charge in [0.15, 0.2) is 0 Å². The number of nitrogens with zero attached hydrogens (tertiary/aromatic N) is 4. The fourth-order valence-electron chi connectivity index (χ4n) is 2.20. The second kappa shape index (κ2) is 5.63. The summed E-state index contributed by atoms with van der Waals surface area (Å²) in [7, 11) is 1.59. The van der Waals surface area contributed by atoms with Crippen molar-refractivity contribution in [1.29, 1.82) is 0 Å². The number of anilines is 1. The minimum absolute atomic E-state index is 0.116. The van der Waals surface area contributed by atoms with Crippen LogP contribution in [0.2, 0.25) is 0 Å². The number of carboxylic acids is 1. The van der Waals surface area contributed by atoms with E-state index in [1.54, 1.807) is 7.05 Å². The molecule has 0 aromatic carbocycles. The lowest BCUT2D eigenvalue weighted by molar-refractivity contribution is -0.143. The fourth-order valence-corrected chi connectivity index (χ4v) is 2.20. The molecule has 1 fully saturated rings. The van der Waals surface area contributed by atoms with E-state index in [9.17, 15) is 9.59 Å². The molecule has 19 heavy (non-hydrogen) atoms. The lowest BCUT2D eigenvalue weighted by Crippen LogP contribution is -2.42. The largest absolute Gasteiger partial charge is 0.481 e. The Labute approximate surface area is 109 Å². The number of urea groups is 1. The minimum Gasteiger partial charge on any atom is -0.481 e. The van der Waals surface area contributed by atoms with E-state index in [1.807, 2.05) is 0 Å². The van der Waals surface area contributed by atoms with Gasteiger partial charge in [0.05, 0.1) is 13.0 Å². The number of carbonyl (C=O) groups excluding carboxylic acids is 1. The Morgan fingerprint density at radius 1 is 1.42 bits per heavy atom. The van der Waals surface area contributed by atoms with Crippen LogP contribution >= 0.6 is 0 Å². The van der Waals surface area contributed by atoms with Crippen LogP contribution in [-0.2, 0) is 11.8 Å². The maximum absolute atomic E-state index is 11.7. The number of hydrogen-bond acceptors (Lipinski definition) is 5. The maximum Gasteiger partial charge on any atom is 0.321 e. The Morgan fingerprint density at radius 2 is 2.21 bits per heavy atom. The second-order valence-electron chi connectivity index (χ2n) is 4.60. The van der Waals surface area contributed by atoms with E-state index in [4.69, 9.17) is 5.11 Å². The Morgan fingerprint density at radius 3 is 2.84 bits per heavy atom. The van der Waals surface area contributed by atoms with Gasteiger partial charge >= 0.3 is 12.0 Å². The molecular formula is C10H16N6O3. The van der Waals surface area contributed by atoms with Crippen LogP contribution in [0.4, 0.5) is 10.7 Å². The van der Waals surface area contributed by atoms with Crippen LogP contribution in [0.1, 0.15) is 25.7 Å². The molecule has 0 spiro atoms. The molecule has 2 amide bonds. The number of aromatic nitrogens is 4. The van der Waals surface area contributed by atoms with Crippen molar-refractivity contribution < 1.29 is 14.7 Å². The second-order valence-corrected chi connectivity index (χ2v) is 4.60. The van der Waals surface area contributed by atoms with Crippen molar-refractivity contribution in [3.8, 4) is 0 Å². The molecule has 2 atom stereocenters. The summed E-state index contributed by atoms with van der Waals surface area (Å²) in [5, 5.41) is 25.2. The highest BCUT2D eigenvalue weighted by atomic mass is 16.4. The number of aryl methyl sites for hydroxylation is 1. The average molecular weight is 268 g/mol. The predicted octanol–water partition coefficient (Wildman–Crippen LogP) is -0.0250. The van der Waals surface area contributed by atoms with Crippen LogP contribution in [0.25, 0.3) is 0 Å². The SMILES string of the molecule is Cn1nnc(NC(=O)NC2CCCC(C(=O)O)C2)n1. The number of carboxylic acid groups (broad SMARTS) is 1. The molecule has 1 aliphatic rings. The Kier molecular flexibility index (Phi) is 3.93. The van der Waals surface area contributed by atoms with Gasteiger partial charge in [-0.05, 0) is 24.5 Å². The summed E-state index contributed by atoms with van der Waals surface area (Å²) in [6.45, 7) is 0. The Hall–Kier alpha value is -2.19. The lowest BCUT2D eigenvalue weighted by Gasteiger charge is -2.27. The third-order valence-electron chi connectivity index (χ3n) is 3.09. The van der Waals surface area contributed by atoms with Crippen molar-refractivity contribution in [3.05, 3.63) is 0 Å². The summed E-state index contributed by atoms with van der Waals surface area (Å²) in [5.74, 6) is -1.07. The van der Waals surface area contributed by atoms with Gasteiger partial charge in [0.1, 0.15) is 0 Å². The molecule has 1 aromatic rings. The van der Waals surface area contributed by atoms with Gasteiger partial charge in [-0.15, -0.1) is 5.10 Å². The van der Waals surface area contributed by atoms with Gasteiger partial charge < -0.3 is 10.4 Å². The third kappa shape index (κ3) is 3.63. The first-order valence-electron chi connectivity index (χ1n) is 6.09. The van der Waals surface area contributed by atoms with E-state index in [0.29, 0.717) is 12.8 Å². The first-order valence-corrected chi connectivity index (χ1v) is 6.09. The summed E-state index contributed by atoms with van der Waals surface area (Å²) in [5.41, 5.74) is 0. The number of tetrazole rings is 1. The van der Waals surface area contributed by atoms with E-state index in [1.165, 1.54) is 4.80 Å². The normalized spacial score (nSPS) is 22.8. The lowest BCUT2D eigenvalue weighted by atomic mass is 9.86. The van der Waals surface area contributed by atoms with Crippen molar-refractivity contribution in [2.24, 2.45) is 13.0 Å². The molecule has 3 N–H and O–H groups in total. The molecule has 9 nitrogen and oxygen atoms in total. The zero-order chi connectivity index (χ0) is 13.8. The van der Waals surface area contributed by atoms with Gasteiger partial charge in [0.2, 0.25) is 0 Å². The standard InChI is InChI=1S/C10H16N6O3/c1-16-14-9(13-15-16)12-10(19)11-7-4-2-3-6(5-7)8(17)18/h6-7H,2-5H2,1H3,(H,17,18)(H2,11,12,14,19). The molecular weight excluding hydrogens is 252 g/mol. The number of rotatable bonds is 3. The zero-order valence-electron chi connectivity index (χ0n) is 10.5. The molecule has 0 saturated heterocycles. The van der Waals surface area contributed by atoms with Crippen LogP contribution in [0.15, 0.2) is 0 Å². The van der Waals surface area contributed by atoms with Gasteiger partial charge in [-0.25, -0.2) is 4.79 Å². The summed E-state index contributed by atoms with van der Waals surface area (Å²) in [4.78, 5) is 23.8. The van der Waals surface area contributed by atoms with Crippen LogP contribution in [0, 0.1) is 5.92 Å².